The number of hydrogen-bond acceptors (Lipinski definition) is 3. The number of benzene rings is 1. The van der Waals surface area contributed by atoms with Crippen LogP contribution in [0.3, 0.4) is 0 Å². The van der Waals surface area contributed by atoms with Gasteiger partial charge in [-0.2, -0.15) is 0 Å². The van der Waals surface area contributed by atoms with Crippen molar-refractivity contribution in [3.05, 3.63) is 24.3 Å². The number of likely N-dealkylation sites (tertiary alicyclic amines) is 1. The second kappa shape index (κ2) is 6.47. The molecule has 0 saturated carbocycles. The van der Waals surface area contributed by atoms with Crippen molar-refractivity contribution in [2.75, 3.05) is 24.2 Å². The minimum absolute atomic E-state index is 0.0791. The first-order chi connectivity index (χ1) is 9.16. The molecule has 0 unspecified atom stereocenters. The number of carbonyl (C=O) groups is 2. The zero-order valence-corrected chi connectivity index (χ0v) is 11.4. The first-order valence-electron chi connectivity index (χ1n) is 6.23. The summed E-state index contributed by atoms with van der Waals surface area (Å²) in [5.41, 5.74) is 5.86. The van der Waals surface area contributed by atoms with Gasteiger partial charge in [0.05, 0.1) is 11.4 Å². The van der Waals surface area contributed by atoms with Crippen LogP contribution in [-0.4, -0.2) is 35.7 Å². The molecule has 0 aliphatic carbocycles. The first kappa shape index (κ1) is 13.7. The molecule has 3 N–H and O–H groups in total. The number of primary amides is 1. The number of amides is 3. The van der Waals surface area contributed by atoms with Crippen LogP contribution < -0.4 is 11.1 Å². The van der Waals surface area contributed by atoms with Gasteiger partial charge in [0.2, 0.25) is 5.91 Å². The van der Waals surface area contributed by atoms with Crippen LogP contribution in [-0.2, 0) is 4.79 Å². The van der Waals surface area contributed by atoms with Gasteiger partial charge < -0.3 is 16.0 Å². The third-order valence-corrected chi connectivity index (χ3v) is 3.99. The Bertz CT molecular complexity index is 473. The number of nitrogens with two attached hydrogens (primary N) is 1. The first-order valence-corrected chi connectivity index (χ1v) is 7.21. The molecule has 19 heavy (non-hydrogen) atoms. The lowest BCUT2D eigenvalue weighted by atomic mass is 10.3. The topological polar surface area (TPSA) is 75.4 Å². The molecular weight excluding hydrogens is 262 g/mol. The van der Waals surface area contributed by atoms with Crippen molar-refractivity contribution >= 4 is 29.4 Å². The number of hydrogen-bond donors (Lipinski definition) is 2. The Morgan fingerprint density at radius 2 is 1.95 bits per heavy atom. The fourth-order valence-corrected chi connectivity index (χ4v) is 2.71. The number of urea groups is 1. The van der Waals surface area contributed by atoms with E-state index in [0.29, 0.717) is 0 Å². The molecule has 5 nitrogen and oxygen atoms in total. The van der Waals surface area contributed by atoms with Gasteiger partial charge in [0.15, 0.2) is 0 Å². The maximum atomic E-state index is 12.0. The van der Waals surface area contributed by atoms with E-state index in [1.807, 2.05) is 24.3 Å². The highest BCUT2D eigenvalue weighted by molar-refractivity contribution is 8.00. The van der Waals surface area contributed by atoms with E-state index in [9.17, 15) is 9.59 Å². The van der Waals surface area contributed by atoms with Crippen molar-refractivity contribution in [3.63, 3.8) is 0 Å². The Morgan fingerprint density at radius 1 is 1.26 bits per heavy atom. The summed E-state index contributed by atoms with van der Waals surface area (Å²) in [7, 11) is 0. The van der Waals surface area contributed by atoms with Crippen LogP contribution >= 0.6 is 11.8 Å². The molecule has 1 aromatic rings. The Hall–Kier alpha value is -1.69. The minimum atomic E-state index is -0.370. The summed E-state index contributed by atoms with van der Waals surface area (Å²) in [6.07, 6.45) is 2.12. The lowest BCUT2D eigenvalue weighted by Gasteiger charge is -2.17. The molecule has 6 heteroatoms. The highest BCUT2D eigenvalue weighted by Gasteiger charge is 2.18. The second-order valence-electron chi connectivity index (χ2n) is 4.38. The molecule has 0 aromatic heterocycles. The quantitative estimate of drug-likeness (QED) is 0.826. The van der Waals surface area contributed by atoms with Crippen LogP contribution in [0.5, 0.6) is 0 Å². The Kier molecular flexibility index (Phi) is 4.68. The van der Waals surface area contributed by atoms with Gasteiger partial charge in [-0.25, -0.2) is 4.79 Å². The minimum Gasteiger partial charge on any atom is -0.369 e. The van der Waals surface area contributed by atoms with Crippen LogP contribution in [0.4, 0.5) is 10.5 Å². The Morgan fingerprint density at radius 3 is 2.63 bits per heavy atom. The maximum absolute atomic E-state index is 12.0. The summed E-state index contributed by atoms with van der Waals surface area (Å²) >= 11 is 1.33. The largest absolute Gasteiger partial charge is 0.369 e. The van der Waals surface area contributed by atoms with E-state index in [1.165, 1.54) is 11.8 Å². The molecule has 1 heterocycles. The zero-order valence-electron chi connectivity index (χ0n) is 10.6. The molecule has 2 rings (SSSR count). The number of para-hydroxylation sites is 1. The molecule has 0 atom stereocenters. The predicted octanol–water partition coefficient (Wildman–Crippen LogP) is 1.89. The third kappa shape index (κ3) is 3.89. The van der Waals surface area contributed by atoms with Crippen molar-refractivity contribution in [2.45, 2.75) is 17.7 Å². The number of carbonyl (C=O) groups excluding carboxylic acids is 2. The smallest absolute Gasteiger partial charge is 0.321 e. The summed E-state index contributed by atoms with van der Waals surface area (Å²) in [6.45, 7) is 1.62. The summed E-state index contributed by atoms with van der Waals surface area (Å²) in [4.78, 5) is 25.5. The van der Waals surface area contributed by atoms with Crippen molar-refractivity contribution in [1.82, 2.24) is 4.90 Å². The van der Waals surface area contributed by atoms with Gasteiger partial charge in [0, 0.05) is 18.0 Å². The number of anilines is 1. The molecular formula is C13H17N3O2S. The van der Waals surface area contributed by atoms with Crippen LogP contribution in [0.2, 0.25) is 0 Å². The highest BCUT2D eigenvalue weighted by atomic mass is 32.2. The van der Waals surface area contributed by atoms with Gasteiger partial charge in [-0.05, 0) is 25.0 Å². The normalized spacial score (nSPS) is 14.4. The fraction of sp³-hybridized carbons (Fsp3) is 0.385. The summed E-state index contributed by atoms with van der Waals surface area (Å²) in [6, 6.07) is 7.34. The van der Waals surface area contributed by atoms with Crippen LogP contribution in [0.15, 0.2) is 29.2 Å². The molecule has 1 aliphatic heterocycles. The molecule has 0 radical (unpaired) electrons. The molecule has 0 spiro atoms. The van der Waals surface area contributed by atoms with Crippen molar-refractivity contribution in [2.24, 2.45) is 5.73 Å². The van der Waals surface area contributed by atoms with Crippen LogP contribution in [0.1, 0.15) is 12.8 Å². The zero-order chi connectivity index (χ0) is 13.7. The SMILES string of the molecule is NC(=O)CSc1ccccc1NC(=O)N1CCCC1. The number of nitrogens with zero attached hydrogens (tertiary/aromatic N) is 1. The third-order valence-electron chi connectivity index (χ3n) is 2.89. The van der Waals surface area contributed by atoms with E-state index >= 15 is 0 Å². The molecule has 102 valence electrons. The van der Waals surface area contributed by atoms with Gasteiger partial charge in [0.25, 0.3) is 0 Å². The fourth-order valence-electron chi connectivity index (χ4n) is 1.96. The number of nitrogens with one attached hydrogen (secondary N) is 1. The Labute approximate surface area is 116 Å². The average Bonchev–Trinajstić information content (AvgIpc) is 2.91. The maximum Gasteiger partial charge on any atom is 0.321 e. The standard InChI is InChI=1S/C13H17N3O2S/c14-12(17)9-19-11-6-2-1-5-10(11)15-13(18)16-7-3-4-8-16/h1-2,5-6H,3-4,7-9H2,(H2,14,17)(H,15,18). The van der Waals surface area contributed by atoms with Gasteiger partial charge in [-0.1, -0.05) is 12.1 Å². The van der Waals surface area contributed by atoms with Crippen LogP contribution in [0.25, 0.3) is 0 Å². The molecule has 1 saturated heterocycles. The molecule has 1 aromatic carbocycles. The molecule has 3 amide bonds. The highest BCUT2D eigenvalue weighted by Crippen LogP contribution is 2.27. The number of thioether (sulfide) groups is 1. The average molecular weight is 279 g/mol. The lowest BCUT2D eigenvalue weighted by Crippen LogP contribution is -2.32. The van der Waals surface area contributed by atoms with E-state index < -0.39 is 0 Å². The van der Waals surface area contributed by atoms with Gasteiger partial charge in [0.1, 0.15) is 0 Å². The van der Waals surface area contributed by atoms with Gasteiger partial charge in [-0.15, -0.1) is 11.8 Å². The number of rotatable bonds is 4. The van der Waals surface area contributed by atoms with E-state index in [-0.39, 0.29) is 17.7 Å². The summed E-state index contributed by atoms with van der Waals surface area (Å²) in [5, 5.41) is 2.89. The summed E-state index contributed by atoms with van der Waals surface area (Å²) < 4.78 is 0. The Balaban J connectivity index is 2.02. The predicted molar refractivity (Wildman–Crippen MR) is 76.2 cm³/mol. The lowest BCUT2D eigenvalue weighted by molar-refractivity contribution is -0.115. The van der Waals surface area contributed by atoms with E-state index in [1.54, 1.807) is 4.90 Å². The van der Waals surface area contributed by atoms with E-state index in [2.05, 4.69) is 5.32 Å². The van der Waals surface area contributed by atoms with Crippen molar-refractivity contribution in [1.29, 1.82) is 0 Å². The van der Waals surface area contributed by atoms with E-state index in [0.717, 1.165) is 36.5 Å². The van der Waals surface area contributed by atoms with E-state index in [4.69, 9.17) is 5.73 Å². The monoisotopic (exact) mass is 279 g/mol. The van der Waals surface area contributed by atoms with Crippen LogP contribution in [0, 0.1) is 0 Å². The molecule has 0 bridgehead atoms. The second-order valence-corrected chi connectivity index (χ2v) is 5.39. The molecule has 1 fully saturated rings. The van der Waals surface area contributed by atoms with Gasteiger partial charge >= 0.3 is 6.03 Å². The van der Waals surface area contributed by atoms with Crippen molar-refractivity contribution < 1.29 is 9.59 Å². The molecule has 1 aliphatic rings. The summed E-state index contributed by atoms with van der Waals surface area (Å²) in [5.74, 6) is -0.165. The van der Waals surface area contributed by atoms with Gasteiger partial charge in [-0.3, -0.25) is 4.79 Å². The van der Waals surface area contributed by atoms with Crippen molar-refractivity contribution in [3.8, 4) is 0 Å².